The van der Waals surface area contributed by atoms with Gasteiger partial charge >= 0.3 is 0 Å². The van der Waals surface area contributed by atoms with Crippen LogP contribution in [0.2, 0.25) is 0 Å². The molecule has 0 saturated carbocycles. The van der Waals surface area contributed by atoms with Crippen LogP contribution in [0.15, 0.2) is 60.7 Å². The fraction of sp³-hybridized carbons (Fsp3) is 0.250. The van der Waals surface area contributed by atoms with Crippen LogP contribution >= 0.6 is 0 Å². The highest BCUT2D eigenvalue weighted by molar-refractivity contribution is 5.25. The van der Waals surface area contributed by atoms with E-state index in [-0.39, 0.29) is 12.7 Å². The molecule has 2 aromatic rings. The number of hydrogen-bond donors (Lipinski definition) is 1. The van der Waals surface area contributed by atoms with Crippen molar-refractivity contribution in [2.75, 3.05) is 13.2 Å². The molecule has 1 N–H and O–H groups in total. The molecular weight excluding hydrogens is 224 g/mol. The molecule has 1 heterocycles. The van der Waals surface area contributed by atoms with Gasteiger partial charge in [0.1, 0.15) is 6.10 Å². The van der Waals surface area contributed by atoms with Crippen LogP contribution in [-0.2, 0) is 11.2 Å². The third-order valence-corrected chi connectivity index (χ3v) is 2.70. The molecule has 1 aliphatic heterocycles. The smallest absolute Gasteiger partial charge is 0.104 e. The van der Waals surface area contributed by atoms with Gasteiger partial charge in [0.25, 0.3) is 0 Å². The van der Waals surface area contributed by atoms with Crippen molar-refractivity contribution in [2.24, 2.45) is 0 Å². The summed E-state index contributed by atoms with van der Waals surface area (Å²) in [6, 6.07) is 21.1. The molecule has 2 heteroatoms. The summed E-state index contributed by atoms with van der Waals surface area (Å²) in [7, 11) is 0. The van der Waals surface area contributed by atoms with Gasteiger partial charge in [-0.2, -0.15) is 0 Å². The van der Waals surface area contributed by atoms with E-state index in [4.69, 9.17) is 5.11 Å². The van der Waals surface area contributed by atoms with Crippen molar-refractivity contribution in [1.29, 1.82) is 0 Å². The van der Waals surface area contributed by atoms with Crippen molar-refractivity contribution in [3.05, 3.63) is 71.8 Å². The fourth-order valence-corrected chi connectivity index (χ4v) is 1.60. The lowest BCUT2D eigenvalue weighted by atomic mass is 10.1. The van der Waals surface area contributed by atoms with Crippen LogP contribution in [0.5, 0.6) is 0 Å². The number of rotatable bonds is 3. The summed E-state index contributed by atoms with van der Waals surface area (Å²) in [6.07, 6.45) is 1.22. The monoisotopic (exact) mass is 242 g/mol. The second kappa shape index (κ2) is 6.94. The Morgan fingerprint density at radius 1 is 0.889 bits per heavy atom. The lowest BCUT2D eigenvalue weighted by molar-refractivity contribution is 0.244. The predicted octanol–water partition coefficient (Wildman–Crippen LogP) is 2.65. The third kappa shape index (κ3) is 4.70. The minimum atomic E-state index is 0.190. The largest absolute Gasteiger partial charge is 0.394 e. The maximum atomic E-state index is 8.08. The predicted molar refractivity (Wildman–Crippen MR) is 72.5 cm³/mol. The van der Waals surface area contributed by atoms with Gasteiger partial charge < -0.3 is 9.84 Å². The number of ether oxygens (including phenoxy) is 1. The van der Waals surface area contributed by atoms with Gasteiger partial charge in [-0.25, -0.2) is 0 Å². The Bertz CT molecular complexity index is 398. The standard InChI is InChI=1S/C13H12.C3H6O2/c1-3-7-12(8-4-1)11-13-9-5-2-6-10-13;4-1-3-2-5-3/h1-10H,11H2;3-4H,1-2H2. The molecule has 94 valence electrons. The van der Waals surface area contributed by atoms with Crippen LogP contribution in [0, 0.1) is 0 Å². The lowest BCUT2D eigenvalue weighted by Crippen LogP contribution is -1.88. The quantitative estimate of drug-likeness (QED) is 0.839. The zero-order valence-corrected chi connectivity index (χ0v) is 10.3. The molecule has 2 nitrogen and oxygen atoms in total. The van der Waals surface area contributed by atoms with Gasteiger partial charge in [-0.1, -0.05) is 60.7 Å². The Morgan fingerprint density at radius 2 is 1.33 bits per heavy atom. The Labute approximate surface area is 108 Å². The molecular formula is C16H18O2. The zero-order chi connectivity index (χ0) is 12.6. The van der Waals surface area contributed by atoms with Crippen molar-refractivity contribution < 1.29 is 9.84 Å². The normalized spacial score (nSPS) is 16.6. The highest BCUT2D eigenvalue weighted by atomic mass is 16.6. The number of aliphatic hydroxyl groups excluding tert-OH is 1. The van der Waals surface area contributed by atoms with E-state index < -0.39 is 0 Å². The summed E-state index contributed by atoms with van der Waals surface area (Å²) in [5, 5.41) is 8.08. The van der Waals surface area contributed by atoms with Crippen molar-refractivity contribution in [2.45, 2.75) is 12.5 Å². The number of aliphatic hydroxyl groups is 1. The summed E-state index contributed by atoms with van der Waals surface area (Å²) < 4.78 is 4.61. The molecule has 0 aliphatic carbocycles. The minimum Gasteiger partial charge on any atom is -0.394 e. The summed E-state index contributed by atoms with van der Waals surface area (Å²) in [5.74, 6) is 0. The molecule has 0 bridgehead atoms. The SMILES string of the molecule is OCC1CO1.c1ccc(Cc2ccccc2)cc1. The summed E-state index contributed by atoms with van der Waals surface area (Å²) in [4.78, 5) is 0. The number of hydrogen-bond acceptors (Lipinski definition) is 2. The minimum absolute atomic E-state index is 0.190. The molecule has 1 saturated heterocycles. The average Bonchev–Trinajstić information content (AvgIpc) is 3.26. The first-order valence-corrected chi connectivity index (χ1v) is 6.19. The lowest BCUT2D eigenvalue weighted by Gasteiger charge is -2.00. The van der Waals surface area contributed by atoms with Gasteiger partial charge in [0, 0.05) is 0 Å². The van der Waals surface area contributed by atoms with E-state index in [0.717, 1.165) is 13.0 Å². The summed E-state index contributed by atoms with van der Waals surface area (Å²) in [5.41, 5.74) is 2.74. The van der Waals surface area contributed by atoms with Gasteiger partial charge in [-0.3, -0.25) is 0 Å². The average molecular weight is 242 g/mol. The van der Waals surface area contributed by atoms with Crippen LogP contribution in [0.4, 0.5) is 0 Å². The maximum absolute atomic E-state index is 8.08. The highest BCUT2D eigenvalue weighted by Gasteiger charge is 2.19. The van der Waals surface area contributed by atoms with Crippen molar-refractivity contribution in [3.8, 4) is 0 Å². The first kappa shape index (κ1) is 12.8. The number of benzene rings is 2. The summed E-state index contributed by atoms with van der Waals surface area (Å²) >= 11 is 0. The van der Waals surface area contributed by atoms with Gasteiger partial charge in [0.15, 0.2) is 0 Å². The van der Waals surface area contributed by atoms with Crippen molar-refractivity contribution >= 4 is 0 Å². The molecule has 0 spiro atoms. The van der Waals surface area contributed by atoms with Gasteiger partial charge in [-0.05, 0) is 17.5 Å². The van der Waals surface area contributed by atoms with E-state index in [1.165, 1.54) is 11.1 Å². The first-order valence-electron chi connectivity index (χ1n) is 6.19. The topological polar surface area (TPSA) is 32.8 Å². The Morgan fingerprint density at radius 3 is 1.61 bits per heavy atom. The van der Waals surface area contributed by atoms with E-state index in [0.29, 0.717) is 0 Å². The molecule has 0 aromatic heterocycles. The Kier molecular flexibility index (Phi) is 4.94. The molecule has 0 amide bonds. The van der Waals surface area contributed by atoms with E-state index in [1.807, 2.05) is 0 Å². The van der Waals surface area contributed by atoms with Crippen LogP contribution in [-0.4, -0.2) is 24.4 Å². The van der Waals surface area contributed by atoms with Crippen molar-refractivity contribution in [3.63, 3.8) is 0 Å². The van der Waals surface area contributed by atoms with Crippen LogP contribution < -0.4 is 0 Å². The third-order valence-electron chi connectivity index (χ3n) is 2.70. The van der Waals surface area contributed by atoms with E-state index in [2.05, 4.69) is 65.4 Å². The first-order chi connectivity index (χ1) is 8.88. The molecule has 1 fully saturated rings. The Balaban J connectivity index is 0.000000202. The molecule has 2 aromatic carbocycles. The molecule has 1 atom stereocenters. The van der Waals surface area contributed by atoms with E-state index in [1.54, 1.807) is 0 Å². The highest BCUT2D eigenvalue weighted by Crippen LogP contribution is 2.07. The van der Waals surface area contributed by atoms with Crippen molar-refractivity contribution in [1.82, 2.24) is 0 Å². The zero-order valence-electron chi connectivity index (χ0n) is 10.3. The second-order valence-electron chi connectivity index (χ2n) is 4.29. The van der Waals surface area contributed by atoms with Crippen LogP contribution in [0.3, 0.4) is 0 Å². The van der Waals surface area contributed by atoms with E-state index in [9.17, 15) is 0 Å². The van der Waals surface area contributed by atoms with Gasteiger partial charge in [-0.15, -0.1) is 0 Å². The Hall–Kier alpha value is -1.64. The summed E-state index contributed by atoms with van der Waals surface area (Å²) in [6.45, 7) is 0.955. The van der Waals surface area contributed by atoms with Gasteiger partial charge in [0.2, 0.25) is 0 Å². The maximum Gasteiger partial charge on any atom is 0.104 e. The molecule has 18 heavy (non-hydrogen) atoms. The molecule has 1 aliphatic rings. The fourth-order valence-electron chi connectivity index (χ4n) is 1.60. The van der Waals surface area contributed by atoms with Gasteiger partial charge in [0.05, 0.1) is 13.2 Å². The molecule has 3 rings (SSSR count). The molecule has 0 radical (unpaired) electrons. The molecule has 1 unspecified atom stereocenters. The number of epoxide rings is 1. The van der Waals surface area contributed by atoms with E-state index >= 15 is 0 Å². The van der Waals surface area contributed by atoms with Crippen LogP contribution in [0.1, 0.15) is 11.1 Å². The second-order valence-corrected chi connectivity index (χ2v) is 4.29. The van der Waals surface area contributed by atoms with Crippen LogP contribution in [0.25, 0.3) is 0 Å².